The molecule has 1 aromatic rings. The second kappa shape index (κ2) is 6.30. The van der Waals surface area contributed by atoms with E-state index in [1.165, 1.54) is 6.20 Å². The fourth-order valence-electron chi connectivity index (χ4n) is 1.78. The summed E-state index contributed by atoms with van der Waals surface area (Å²) >= 11 is 0. The van der Waals surface area contributed by atoms with Gasteiger partial charge in [0.1, 0.15) is 12.0 Å². The molecule has 6 nitrogen and oxygen atoms in total. The van der Waals surface area contributed by atoms with Crippen molar-refractivity contribution in [2.24, 2.45) is 5.92 Å². The number of hydrogen-bond acceptors (Lipinski definition) is 5. The highest BCUT2D eigenvalue weighted by molar-refractivity contribution is 5.46. The largest absolute Gasteiger partial charge is 0.393 e. The highest BCUT2D eigenvalue weighted by Crippen LogP contribution is 2.19. The zero-order valence-electron chi connectivity index (χ0n) is 10.9. The number of nitrogens with zero attached hydrogens (tertiary/aromatic N) is 2. The van der Waals surface area contributed by atoms with Gasteiger partial charge in [0.05, 0.1) is 11.0 Å². The summed E-state index contributed by atoms with van der Waals surface area (Å²) in [5, 5.41) is 23.0. The third-order valence-corrected chi connectivity index (χ3v) is 2.65. The fourth-order valence-corrected chi connectivity index (χ4v) is 1.78. The number of aliphatic hydroxyl groups is 1. The van der Waals surface area contributed by atoms with Crippen LogP contribution in [0, 0.1) is 23.0 Å². The number of hydrogen-bond donors (Lipinski definition) is 2. The minimum Gasteiger partial charge on any atom is -0.393 e. The Morgan fingerprint density at radius 1 is 1.56 bits per heavy atom. The molecule has 2 N–H and O–H groups in total. The molecule has 0 aliphatic heterocycles. The maximum atomic E-state index is 10.6. The second-order valence-corrected chi connectivity index (χ2v) is 4.68. The quantitative estimate of drug-likeness (QED) is 0.598. The van der Waals surface area contributed by atoms with Gasteiger partial charge in [0.15, 0.2) is 0 Å². The number of nitrogens with one attached hydrogen (secondary N) is 1. The Morgan fingerprint density at radius 2 is 2.22 bits per heavy atom. The molecule has 0 saturated heterocycles. The summed E-state index contributed by atoms with van der Waals surface area (Å²) in [5.74, 6) is 0.929. The first kappa shape index (κ1) is 14.4. The Kier molecular flexibility index (Phi) is 5.03. The lowest BCUT2D eigenvalue weighted by Crippen LogP contribution is -2.16. The van der Waals surface area contributed by atoms with Crippen LogP contribution in [0.5, 0.6) is 0 Å². The molecular weight excluding hydrogens is 234 g/mol. The molecule has 1 aromatic heterocycles. The Hall–Kier alpha value is -1.69. The van der Waals surface area contributed by atoms with Gasteiger partial charge in [0, 0.05) is 12.1 Å². The highest BCUT2D eigenvalue weighted by Gasteiger charge is 2.12. The predicted octanol–water partition coefficient (Wildman–Crippen LogP) is 2.12. The molecule has 0 saturated carbocycles. The SMILES string of the molecule is Cc1cc(NCC(C)CC(C)O)ncc1[N+](=O)[O-]. The Morgan fingerprint density at radius 3 is 2.72 bits per heavy atom. The molecule has 0 aliphatic carbocycles. The number of rotatable bonds is 6. The average molecular weight is 253 g/mol. The number of aliphatic hydroxyl groups excluding tert-OH is 1. The lowest BCUT2D eigenvalue weighted by atomic mass is 10.0. The molecule has 0 aliphatic rings. The molecule has 18 heavy (non-hydrogen) atoms. The molecule has 0 aromatic carbocycles. The third kappa shape index (κ3) is 4.29. The van der Waals surface area contributed by atoms with Crippen LogP contribution in [0.2, 0.25) is 0 Å². The maximum Gasteiger partial charge on any atom is 0.290 e. The van der Waals surface area contributed by atoms with Crippen LogP contribution in [0.4, 0.5) is 11.5 Å². The van der Waals surface area contributed by atoms with E-state index in [0.29, 0.717) is 30.3 Å². The lowest BCUT2D eigenvalue weighted by Gasteiger charge is -2.14. The van der Waals surface area contributed by atoms with Crippen molar-refractivity contribution in [2.45, 2.75) is 33.3 Å². The monoisotopic (exact) mass is 253 g/mol. The van der Waals surface area contributed by atoms with E-state index in [2.05, 4.69) is 10.3 Å². The second-order valence-electron chi connectivity index (χ2n) is 4.68. The van der Waals surface area contributed by atoms with Crippen molar-refractivity contribution in [1.29, 1.82) is 0 Å². The molecule has 0 fully saturated rings. The topological polar surface area (TPSA) is 88.3 Å². The van der Waals surface area contributed by atoms with Gasteiger partial charge in [-0.3, -0.25) is 10.1 Å². The van der Waals surface area contributed by atoms with Gasteiger partial charge < -0.3 is 10.4 Å². The van der Waals surface area contributed by atoms with Gasteiger partial charge >= 0.3 is 0 Å². The van der Waals surface area contributed by atoms with Crippen LogP contribution in [0.15, 0.2) is 12.3 Å². The molecule has 1 heterocycles. The van der Waals surface area contributed by atoms with Crippen molar-refractivity contribution >= 4 is 11.5 Å². The standard InChI is InChI=1S/C12H19N3O3/c1-8(4-10(3)16)6-13-12-5-9(2)11(7-14-12)15(17)18/h5,7-8,10,16H,4,6H2,1-3H3,(H,13,14). The van der Waals surface area contributed by atoms with Gasteiger partial charge in [-0.2, -0.15) is 0 Å². The summed E-state index contributed by atoms with van der Waals surface area (Å²) in [6.45, 7) is 6.14. The number of anilines is 1. The Labute approximate surface area is 106 Å². The predicted molar refractivity (Wildman–Crippen MR) is 69.6 cm³/mol. The smallest absolute Gasteiger partial charge is 0.290 e. The summed E-state index contributed by atoms with van der Waals surface area (Å²) < 4.78 is 0. The van der Waals surface area contributed by atoms with E-state index in [1.54, 1.807) is 19.9 Å². The van der Waals surface area contributed by atoms with E-state index in [4.69, 9.17) is 0 Å². The molecular formula is C12H19N3O3. The van der Waals surface area contributed by atoms with Crippen LogP contribution in [0.1, 0.15) is 25.8 Å². The van der Waals surface area contributed by atoms with Crippen LogP contribution in [0.3, 0.4) is 0 Å². The first-order valence-electron chi connectivity index (χ1n) is 5.93. The van der Waals surface area contributed by atoms with Gasteiger partial charge in [-0.1, -0.05) is 6.92 Å². The normalized spacial score (nSPS) is 14.0. The number of pyridine rings is 1. The first-order chi connectivity index (χ1) is 8.40. The molecule has 2 unspecified atom stereocenters. The van der Waals surface area contributed by atoms with Gasteiger partial charge in [-0.25, -0.2) is 4.98 Å². The van der Waals surface area contributed by atoms with Gasteiger partial charge in [-0.05, 0) is 32.3 Å². The van der Waals surface area contributed by atoms with Crippen LogP contribution in [-0.4, -0.2) is 27.7 Å². The average Bonchev–Trinajstić information content (AvgIpc) is 2.25. The number of nitro groups is 1. The number of aromatic nitrogens is 1. The maximum absolute atomic E-state index is 10.6. The minimum atomic E-state index is -0.442. The van der Waals surface area contributed by atoms with Crippen molar-refractivity contribution in [2.75, 3.05) is 11.9 Å². The molecule has 0 bridgehead atoms. The lowest BCUT2D eigenvalue weighted by molar-refractivity contribution is -0.385. The Bertz CT molecular complexity index is 421. The first-order valence-corrected chi connectivity index (χ1v) is 5.93. The molecule has 0 amide bonds. The Balaban J connectivity index is 2.58. The summed E-state index contributed by atoms with van der Waals surface area (Å²) in [5.41, 5.74) is 0.609. The molecule has 100 valence electrons. The highest BCUT2D eigenvalue weighted by atomic mass is 16.6. The minimum absolute atomic E-state index is 0.0255. The van der Waals surface area contributed by atoms with Crippen LogP contribution in [0.25, 0.3) is 0 Å². The van der Waals surface area contributed by atoms with E-state index >= 15 is 0 Å². The third-order valence-electron chi connectivity index (χ3n) is 2.65. The van der Waals surface area contributed by atoms with E-state index in [0.717, 1.165) is 0 Å². The molecule has 6 heteroatoms. The fraction of sp³-hybridized carbons (Fsp3) is 0.583. The van der Waals surface area contributed by atoms with Gasteiger partial charge in [0.2, 0.25) is 0 Å². The van der Waals surface area contributed by atoms with Crippen molar-refractivity contribution in [3.8, 4) is 0 Å². The van der Waals surface area contributed by atoms with E-state index < -0.39 is 4.92 Å². The molecule has 2 atom stereocenters. The summed E-state index contributed by atoms with van der Waals surface area (Å²) in [4.78, 5) is 14.2. The zero-order valence-corrected chi connectivity index (χ0v) is 10.9. The summed E-state index contributed by atoms with van der Waals surface area (Å²) in [6.07, 6.45) is 1.64. The zero-order chi connectivity index (χ0) is 13.7. The van der Waals surface area contributed by atoms with Crippen molar-refractivity contribution in [1.82, 2.24) is 4.98 Å². The molecule has 0 spiro atoms. The van der Waals surface area contributed by atoms with E-state index in [1.807, 2.05) is 6.92 Å². The molecule has 1 rings (SSSR count). The van der Waals surface area contributed by atoms with Crippen LogP contribution < -0.4 is 5.32 Å². The van der Waals surface area contributed by atoms with Crippen LogP contribution >= 0.6 is 0 Å². The number of aryl methyl sites for hydroxylation is 1. The van der Waals surface area contributed by atoms with Gasteiger partial charge in [0.25, 0.3) is 5.69 Å². The summed E-state index contributed by atoms with van der Waals surface area (Å²) in [7, 11) is 0. The van der Waals surface area contributed by atoms with E-state index in [-0.39, 0.29) is 11.8 Å². The molecule has 0 radical (unpaired) electrons. The van der Waals surface area contributed by atoms with Crippen molar-refractivity contribution in [3.63, 3.8) is 0 Å². The van der Waals surface area contributed by atoms with Gasteiger partial charge in [-0.15, -0.1) is 0 Å². The van der Waals surface area contributed by atoms with Crippen molar-refractivity contribution < 1.29 is 10.0 Å². The van der Waals surface area contributed by atoms with Crippen molar-refractivity contribution in [3.05, 3.63) is 27.9 Å². The van der Waals surface area contributed by atoms with E-state index in [9.17, 15) is 15.2 Å². The summed E-state index contributed by atoms with van der Waals surface area (Å²) in [6, 6.07) is 1.66. The van der Waals surface area contributed by atoms with Crippen LogP contribution in [-0.2, 0) is 0 Å².